The van der Waals surface area contributed by atoms with Crippen molar-refractivity contribution >= 4 is 11.7 Å². The second-order valence-corrected chi connectivity index (χ2v) is 4.80. The van der Waals surface area contributed by atoms with E-state index < -0.39 is 5.92 Å². The number of ketones is 1. The summed E-state index contributed by atoms with van der Waals surface area (Å²) in [5, 5.41) is 1.13. The van der Waals surface area contributed by atoms with Gasteiger partial charge >= 0.3 is 0 Å². The van der Waals surface area contributed by atoms with Crippen molar-refractivity contribution in [2.45, 2.75) is 34.1 Å². The highest BCUT2D eigenvalue weighted by molar-refractivity contribution is 6.01. The SMILES string of the molecule is CON(C)C(=O)[C@H](C(=O)CC(C)C)C(C)C. The highest BCUT2D eigenvalue weighted by Crippen LogP contribution is 2.19. The third-order valence-electron chi connectivity index (χ3n) is 2.47. The number of rotatable bonds is 6. The van der Waals surface area contributed by atoms with Gasteiger partial charge in [0.15, 0.2) is 0 Å². The quantitative estimate of drug-likeness (QED) is 0.516. The molecule has 0 aliphatic carbocycles. The van der Waals surface area contributed by atoms with Gasteiger partial charge in [-0.1, -0.05) is 27.7 Å². The number of amides is 1. The molecule has 0 radical (unpaired) electrons. The van der Waals surface area contributed by atoms with E-state index in [1.807, 2.05) is 27.7 Å². The van der Waals surface area contributed by atoms with Crippen LogP contribution in [0.2, 0.25) is 0 Å². The van der Waals surface area contributed by atoms with Gasteiger partial charge in [-0.05, 0) is 11.8 Å². The molecule has 0 aromatic rings. The van der Waals surface area contributed by atoms with Gasteiger partial charge < -0.3 is 0 Å². The minimum atomic E-state index is -0.590. The molecule has 0 unspecified atom stereocenters. The van der Waals surface area contributed by atoms with Gasteiger partial charge in [-0.3, -0.25) is 14.4 Å². The molecule has 0 fully saturated rings. The van der Waals surface area contributed by atoms with Crippen LogP contribution in [0.4, 0.5) is 0 Å². The van der Waals surface area contributed by atoms with Gasteiger partial charge in [0.05, 0.1) is 7.11 Å². The molecule has 16 heavy (non-hydrogen) atoms. The Morgan fingerprint density at radius 3 is 2.00 bits per heavy atom. The second-order valence-electron chi connectivity index (χ2n) is 4.80. The van der Waals surface area contributed by atoms with Gasteiger partial charge in [0.2, 0.25) is 0 Å². The predicted molar refractivity (Wildman–Crippen MR) is 62.6 cm³/mol. The van der Waals surface area contributed by atoms with E-state index in [9.17, 15) is 9.59 Å². The molecular weight excluding hydrogens is 206 g/mol. The molecule has 0 bridgehead atoms. The van der Waals surface area contributed by atoms with Crippen LogP contribution in [0.15, 0.2) is 0 Å². The number of carbonyl (C=O) groups excluding carboxylic acids is 2. The molecule has 0 aliphatic heterocycles. The number of Topliss-reactive ketones (excluding diaryl/α,β-unsaturated/α-hetero) is 1. The first-order valence-corrected chi connectivity index (χ1v) is 5.65. The third-order valence-corrected chi connectivity index (χ3v) is 2.47. The standard InChI is InChI=1S/C12H23NO3/c1-8(2)7-10(14)11(9(3)4)12(15)13(5)16-6/h8-9,11H,7H2,1-6H3/t11-/m0/s1. The zero-order valence-electron chi connectivity index (χ0n) is 11.1. The third kappa shape index (κ3) is 4.31. The fourth-order valence-corrected chi connectivity index (χ4v) is 1.61. The van der Waals surface area contributed by atoms with Crippen LogP contribution in [0.25, 0.3) is 0 Å². The lowest BCUT2D eigenvalue weighted by atomic mass is 9.87. The lowest BCUT2D eigenvalue weighted by Gasteiger charge is -2.24. The molecule has 0 aliphatic rings. The highest BCUT2D eigenvalue weighted by atomic mass is 16.7. The van der Waals surface area contributed by atoms with Gasteiger partial charge in [0.25, 0.3) is 5.91 Å². The number of hydrogen-bond acceptors (Lipinski definition) is 3. The molecule has 0 saturated heterocycles. The van der Waals surface area contributed by atoms with E-state index in [1.165, 1.54) is 14.2 Å². The van der Waals surface area contributed by atoms with E-state index in [2.05, 4.69) is 0 Å². The van der Waals surface area contributed by atoms with Crippen molar-refractivity contribution < 1.29 is 14.4 Å². The van der Waals surface area contributed by atoms with Crippen molar-refractivity contribution in [3.8, 4) is 0 Å². The number of nitrogens with zero attached hydrogens (tertiary/aromatic N) is 1. The molecule has 0 spiro atoms. The minimum absolute atomic E-state index is 0.00102. The first-order chi connectivity index (χ1) is 7.31. The average molecular weight is 229 g/mol. The molecular formula is C12H23NO3. The Morgan fingerprint density at radius 1 is 1.19 bits per heavy atom. The Hall–Kier alpha value is -0.900. The molecule has 4 nitrogen and oxygen atoms in total. The zero-order valence-corrected chi connectivity index (χ0v) is 11.1. The van der Waals surface area contributed by atoms with Crippen LogP contribution in [0, 0.1) is 17.8 Å². The Balaban J connectivity index is 4.74. The Kier molecular flexibility index (Phi) is 6.26. The molecule has 94 valence electrons. The summed E-state index contributed by atoms with van der Waals surface area (Å²) in [5.41, 5.74) is 0. The summed E-state index contributed by atoms with van der Waals surface area (Å²) in [6, 6.07) is 0. The molecule has 0 aromatic carbocycles. The predicted octanol–water partition coefficient (Wildman–Crippen LogP) is 1.89. The van der Waals surface area contributed by atoms with E-state index in [-0.39, 0.29) is 23.5 Å². The van der Waals surface area contributed by atoms with E-state index in [1.54, 1.807) is 0 Å². The summed E-state index contributed by atoms with van der Waals surface area (Å²) >= 11 is 0. The number of hydrogen-bond donors (Lipinski definition) is 0. The van der Waals surface area contributed by atoms with Crippen LogP contribution in [-0.4, -0.2) is 30.9 Å². The van der Waals surface area contributed by atoms with Gasteiger partial charge in [-0.2, -0.15) is 0 Å². The van der Waals surface area contributed by atoms with E-state index in [4.69, 9.17) is 4.84 Å². The fourth-order valence-electron chi connectivity index (χ4n) is 1.61. The van der Waals surface area contributed by atoms with Crippen molar-refractivity contribution in [1.82, 2.24) is 5.06 Å². The van der Waals surface area contributed by atoms with Gasteiger partial charge in [-0.25, -0.2) is 5.06 Å². The molecule has 1 amide bonds. The van der Waals surface area contributed by atoms with Gasteiger partial charge in [0, 0.05) is 13.5 Å². The maximum absolute atomic E-state index is 12.0. The average Bonchev–Trinajstić information content (AvgIpc) is 2.14. The van der Waals surface area contributed by atoms with E-state index in [0.29, 0.717) is 6.42 Å². The Bertz CT molecular complexity index is 249. The minimum Gasteiger partial charge on any atom is -0.299 e. The lowest BCUT2D eigenvalue weighted by molar-refractivity contribution is -0.176. The first-order valence-electron chi connectivity index (χ1n) is 5.65. The summed E-state index contributed by atoms with van der Waals surface area (Å²) in [5.74, 6) is -0.583. The fraction of sp³-hybridized carbons (Fsp3) is 0.833. The molecule has 0 N–H and O–H groups in total. The summed E-state index contributed by atoms with van der Waals surface area (Å²) in [6.45, 7) is 7.70. The maximum Gasteiger partial charge on any atom is 0.256 e. The smallest absolute Gasteiger partial charge is 0.256 e. The van der Waals surface area contributed by atoms with Crippen molar-refractivity contribution in [3.63, 3.8) is 0 Å². The van der Waals surface area contributed by atoms with Crippen LogP contribution in [-0.2, 0) is 14.4 Å². The van der Waals surface area contributed by atoms with Gasteiger partial charge in [-0.15, -0.1) is 0 Å². The molecule has 0 heterocycles. The van der Waals surface area contributed by atoms with Crippen molar-refractivity contribution in [3.05, 3.63) is 0 Å². The second kappa shape index (κ2) is 6.63. The Labute approximate surface area is 97.9 Å². The molecule has 0 rings (SSSR count). The lowest BCUT2D eigenvalue weighted by Crippen LogP contribution is -2.39. The van der Waals surface area contributed by atoms with Gasteiger partial charge in [0.1, 0.15) is 11.7 Å². The van der Waals surface area contributed by atoms with E-state index >= 15 is 0 Å². The monoisotopic (exact) mass is 229 g/mol. The summed E-state index contributed by atoms with van der Waals surface area (Å²) in [6.07, 6.45) is 0.437. The maximum atomic E-state index is 12.0. The van der Waals surface area contributed by atoms with Crippen LogP contribution in [0.5, 0.6) is 0 Å². The van der Waals surface area contributed by atoms with Crippen molar-refractivity contribution in [2.75, 3.05) is 14.2 Å². The largest absolute Gasteiger partial charge is 0.299 e. The number of hydroxylamine groups is 2. The molecule has 4 heteroatoms. The van der Waals surface area contributed by atoms with Crippen LogP contribution >= 0.6 is 0 Å². The van der Waals surface area contributed by atoms with Crippen LogP contribution in [0.1, 0.15) is 34.1 Å². The summed E-state index contributed by atoms with van der Waals surface area (Å²) < 4.78 is 0. The topological polar surface area (TPSA) is 46.6 Å². The first kappa shape index (κ1) is 15.1. The zero-order chi connectivity index (χ0) is 12.9. The molecule has 0 saturated carbocycles. The van der Waals surface area contributed by atoms with Crippen LogP contribution < -0.4 is 0 Å². The van der Waals surface area contributed by atoms with Crippen molar-refractivity contribution in [2.24, 2.45) is 17.8 Å². The normalized spacial score (nSPS) is 13.0. The molecule has 0 aromatic heterocycles. The van der Waals surface area contributed by atoms with Crippen molar-refractivity contribution in [1.29, 1.82) is 0 Å². The molecule has 1 atom stereocenters. The Morgan fingerprint density at radius 2 is 1.69 bits per heavy atom. The van der Waals surface area contributed by atoms with Crippen LogP contribution in [0.3, 0.4) is 0 Å². The summed E-state index contributed by atoms with van der Waals surface area (Å²) in [7, 11) is 2.95. The van der Waals surface area contributed by atoms with E-state index in [0.717, 1.165) is 5.06 Å². The summed E-state index contributed by atoms with van der Waals surface area (Å²) in [4.78, 5) is 28.7. The highest BCUT2D eigenvalue weighted by Gasteiger charge is 2.32. The number of carbonyl (C=O) groups is 2.